The molecular weight excluding hydrogens is 279 g/mol. The van der Waals surface area contributed by atoms with Gasteiger partial charge in [-0.05, 0) is 18.1 Å². The average Bonchev–Trinajstić information content (AvgIpc) is 2.65. The molecule has 0 aromatic heterocycles. The van der Waals surface area contributed by atoms with Crippen LogP contribution in [0.1, 0.15) is 12.0 Å². The Bertz CT molecular complexity index is 544. The fourth-order valence-electron chi connectivity index (χ4n) is 2.23. The van der Waals surface area contributed by atoms with Gasteiger partial charge in [0.05, 0.1) is 22.6 Å². The van der Waals surface area contributed by atoms with Crippen LogP contribution in [-0.2, 0) is 16.3 Å². The number of sulfone groups is 1. The number of benzene rings is 1. The smallest absolute Gasteiger partial charge is 0.150 e. The predicted molar refractivity (Wildman–Crippen MR) is 67.9 cm³/mol. The lowest BCUT2D eigenvalue weighted by Gasteiger charge is -2.17. The summed E-state index contributed by atoms with van der Waals surface area (Å²) in [6, 6.07) is 4.41. The van der Waals surface area contributed by atoms with Gasteiger partial charge in [-0.25, -0.2) is 12.8 Å². The first-order valence-corrected chi connectivity index (χ1v) is 7.90. The molecule has 1 aliphatic heterocycles. The molecule has 1 fully saturated rings. The monoisotopic (exact) mass is 292 g/mol. The summed E-state index contributed by atoms with van der Waals surface area (Å²) < 4.78 is 35.9. The number of aliphatic hydroxyl groups is 1. The topological polar surface area (TPSA) is 54.4 Å². The van der Waals surface area contributed by atoms with Crippen molar-refractivity contribution in [3.8, 4) is 0 Å². The van der Waals surface area contributed by atoms with E-state index >= 15 is 0 Å². The first-order chi connectivity index (χ1) is 8.39. The second-order valence-corrected chi connectivity index (χ2v) is 7.25. The normalized spacial score (nSPS) is 24.1. The Balaban J connectivity index is 2.08. The quantitative estimate of drug-likeness (QED) is 0.924. The van der Waals surface area contributed by atoms with E-state index in [2.05, 4.69) is 0 Å². The van der Waals surface area contributed by atoms with Crippen LogP contribution in [-0.4, -0.2) is 31.1 Å². The molecule has 2 atom stereocenters. The van der Waals surface area contributed by atoms with Gasteiger partial charge in [-0.15, -0.1) is 0 Å². The van der Waals surface area contributed by atoms with E-state index in [0.717, 1.165) is 0 Å². The lowest BCUT2D eigenvalue weighted by molar-refractivity contribution is 0.120. The highest BCUT2D eigenvalue weighted by Crippen LogP contribution is 2.27. The van der Waals surface area contributed by atoms with E-state index in [4.69, 9.17) is 11.6 Å². The zero-order chi connectivity index (χ0) is 13.3. The zero-order valence-corrected chi connectivity index (χ0v) is 11.2. The largest absolute Gasteiger partial charge is 0.392 e. The van der Waals surface area contributed by atoms with Gasteiger partial charge in [0.15, 0.2) is 9.84 Å². The molecule has 0 radical (unpaired) electrons. The highest BCUT2D eigenvalue weighted by atomic mass is 35.5. The number of hydrogen-bond donors (Lipinski definition) is 1. The van der Waals surface area contributed by atoms with Crippen molar-refractivity contribution in [3.05, 3.63) is 34.6 Å². The van der Waals surface area contributed by atoms with Gasteiger partial charge in [-0.2, -0.15) is 0 Å². The third-order valence-corrected chi connectivity index (χ3v) is 5.49. The van der Waals surface area contributed by atoms with Crippen LogP contribution < -0.4 is 0 Å². The molecule has 0 bridgehead atoms. The Morgan fingerprint density at radius 1 is 1.50 bits per heavy atom. The number of rotatable bonds is 3. The van der Waals surface area contributed by atoms with Crippen molar-refractivity contribution >= 4 is 21.4 Å². The summed E-state index contributed by atoms with van der Waals surface area (Å²) in [5.41, 5.74) is 0.508. The van der Waals surface area contributed by atoms with E-state index in [1.807, 2.05) is 0 Å². The van der Waals surface area contributed by atoms with Crippen molar-refractivity contribution in [2.45, 2.75) is 18.9 Å². The van der Waals surface area contributed by atoms with E-state index in [-0.39, 0.29) is 28.9 Å². The Labute approximate surface area is 111 Å². The van der Waals surface area contributed by atoms with Gasteiger partial charge in [-0.1, -0.05) is 23.7 Å². The van der Waals surface area contributed by atoms with Crippen LogP contribution in [0.15, 0.2) is 18.2 Å². The van der Waals surface area contributed by atoms with Crippen LogP contribution in [0, 0.1) is 11.7 Å². The summed E-state index contributed by atoms with van der Waals surface area (Å²) in [6.45, 7) is 0. The van der Waals surface area contributed by atoms with E-state index in [1.165, 1.54) is 12.1 Å². The van der Waals surface area contributed by atoms with Gasteiger partial charge in [0, 0.05) is 12.3 Å². The minimum atomic E-state index is -3.02. The third kappa shape index (κ3) is 3.02. The van der Waals surface area contributed by atoms with Crippen LogP contribution in [0.3, 0.4) is 0 Å². The summed E-state index contributed by atoms with van der Waals surface area (Å²) in [5.74, 6) is -0.693. The molecule has 1 aliphatic rings. The van der Waals surface area contributed by atoms with E-state index in [1.54, 1.807) is 6.07 Å². The summed E-state index contributed by atoms with van der Waals surface area (Å²) in [5, 5.41) is 10.0. The molecule has 0 aliphatic carbocycles. The highest BCUT2D eigenvalue weighted by Gasteiger charge is 2.33. The Morgan fingerprint density at radius 3 is 2.83 bits per heavy atom. The summed E-state index contributed by atoms with van der Waals surface area (Å²) in [7, 11) is -3.02. The maximum absolute atomic E-state index is 13.2. The minimum Gasteiger partial charge on any atom is -0.392 e. The first kappa shape index (κ1) is 13.8. The predicted octanol–water partition coefficient (Wildman–Crippen LogP) is 1.82. The van der Waals surface area contributed by atoms with Crippen LogP contribution >= 0.6 is 11.6 Å². The molecule has 1 N–H and O–H groups in total. The molecule has 2 unspecified atom stereocenters. The lowest BCUT2D eigenvalue weighted by atomic mass is 9.95. The minimum absolute atomic E-state index is 0.00109. The Kier molecular flexibility index (Phi) is 3.94. The number of halogens is 2. The molecule has 2 rings (SSSR count). The van der Waals surface area contributed by atoms with Crippen LogP contribution in [0.2, 0.25) is 5.02 Å². The molecule has 3 nitrogen and oxygen atoms in total. The van der Waals surface area contributed by atoms with Crippen LogP contribution in [0.4, 0.5) is 4.39 Å². The van der Waals surface area contributed by atoms with Gasteiger partial charge in [-0.3, -0.25) is 0 Å². The van der Waals surface area contributed by atoms with Gasteiger partial charge in [0.2, 0.25) is 0 Å². The third-order valence-electron chi connectivity index (χ3n) is 3.27. The van der Waals surface area contributed by atoms with Gasteiger partial charge in [0.25, 0.3) is 0 Å². The van der Waals surface area contributed by atoms with Crippen LogP contribution in [0.25, 0.3) is 0 Å². The number of hydrogen-bond acceptors (Lipinski definition) is 3. The summed E-state index contributed by atoms with van der Waals surface area (Å²) >= 11 is 5.80. The molecule has 1 heterocycles. The SMILES string of the molecule is O=S1(=O)CCC(C(O)Cc2cccc(F)c2Cl)C1. The fraction of sp³-hybridized carbons (Fsp3) is 0.500. The maximum atomic E-state index is 13.2. The fourth-order valence-corrected chi connectivity index (χ4v) is 4.30. The molecule has 1 saturated heterocycles. The molecular formula is C12H14ClFO3S. The van der Waals surface area contributed by atoms with Crippen molar-refractivity contribution in [2.75, 3.05) is 11.5 Å². The molecule has 1 aromatic carbocycles. The molecule has 1 aromatic rings. The van der Waals surface area contributed by atoms with Crippen molar-refractivity contribution in [2.24, 2.45) is 5.92 Å². The van der Waals surface area contributed by atoms with Crippen molar-refractivity contribution in [3.63, 3.8) is 0 Å². The molecule has 0 spiro atoms. The lowest BCUT2D eigenvalue weighted by Crippen LogP contribution is -2.24. The van der Waals surface area contributed by atoms with Crippen LogP contribution in [0.5, 0.6) is 0 Å². The summed E-state index contributed by atoms with van der Waals surface area (Å²) in [6.07, 6.45) is -0.172. The van der Waals surface area contributed by atoms with Crippen molar-refractivity contribution in [1.82, 2.24) is 0 Å². The highest BCUT2D eigenvalue weighted by molar-refractivity contribution is 7.91. The second kappa shape index (κ2) is 5.15. The molecule has 100 valence electrons. The molecule has 0 amide bonds. The summed E-state index contributed by atoms with van der Waals surface area (Å²) in [4.78, 5) is 0. The zero-order valence-electron chi connectivity index (χ0n) is 9.64. The van der Waals surface area contributed by atoms with E-state index in [0.29, 0.717) is 12.0 Å². The van der Waals surface area contributed by atoms with E-state index in [9.17, 15) is 17.9 Å². The Morgan fingerprint density at radius 2 is 2.22 bits per heavy atom. The number of aliphatic hydroxyl groups excluding tert-OH is 1. The van der Waals surface area contributed by atoms with Gasteiger partial charge in [0.1, 0.15) is 5.82 Å². The molecule has 0 saturated carbocycles. The average molecular weight is 293 g/mol. The van der Waals surface area contributed by atoms with E-state index < -0.39 is 21.8 Å². The molecule has 18 heavy (non-hydrogen) atoms. The van der Waals surface area contributed by atoms with Gasteiger partial charge < -0.3 is 5.11 Å². The van der Waals surface area contributed by atoms with Crippen molar-refractivity contribution < 1.29 is 17.9 Å². The second-order valence-electron chi connectivity index (χ2n) is 4.65. The maximum Gasteiger partial charge on any atom is 0.150 e. The van der Waals surface area contributed by atoms with Crippen molar-refractivity contribution in [1.29, 1.82) is 0 Å². The Hall–Kier alpha value is -0.650. The standard InChI is InChI=1S/C12H14ClFO3S/c13-12-8(2-1-3-10(12)14)6-11(15)9-4-5-18(16,17)7-9/h1-3,9,11,15H,4-7H2. The molecule has 6 heteroatoms. The first-order valence-electron chi connectivity index (χ1n) is 5.70. The van der Waals surface area contributed by atoms with Gasteiger partial charge >= 0.3 is 0 Å².